The lowest BCUT2D eigenvalue weighted by atomic mass is 9.66. The third-order valence-electron chi connectivity index (χ3n) is 5.41. The Morgan fingerprint density at radius 2 is 2.07 bits per heavy atom. The van der Waals surface area contributed by atoms with Crippen molar-refractivity contribution in [1.29, 1.82) is 0 Å². The molecule has 0 saturated carbocycles. The fraction of sp³-hybridized carbons (Fsp3) is 0.304. The van der Waals surface area contributed by atoms with Crippen LogP contribution in [-0.2, 0) is 6.42 Å². The van der Waals surface area contributed by atoms with Crippen molar-refractivity contribution in [2.24, 2.45) is 21.9 Å². The van der Waals surface area contributed by atoms with E-state index in [-0.39, 0.29) is 11.6 Å². The summed E-state index contributed by atoms with van der Waals surface area (Å²) in [5.41, 5.74) is 15.6. The predicted molar refractivity (Wildman–Crippen MR) is 113 cm³/mol. The van der Waals surface area contributed by atoms with Gasteiger partial charge in [0, 0.05) is 23.7 Å². The molecule has 0 fully saturated rings. The Kier molecular flexibility index (Phi) is 6.54. The zero-order valence-corrected chi connectivity index (χ0v) is 16.4. The molecule has 1 aromatic rings. The van der Waals surface area contributed by atoms with E-state index in [9.17, 15) is 8.78 Å². The number of hydrogen-bond acceptors (Lipinski definition) is 4. The normalized spacial score (nSPS) is 24.9. The fourth-order valence-corrected chi connectivity index (χ4v) is 3.89. The van der Waals surface area contributed by atoms with Crippen LogP contribution in [0.15, 0.2) is 83.2 Å². The van der Waals surface area contributed by atoms with Crippen LogP contribution in [0.3, 0.4) is 0 Å². The Bertz CT molecular complexity index is 940. The van der Waals surface area contributed by atoms with E-state index in [1.165, 1.54) is 18.3 Å². The summed E-state index contributed by atoms with van der Waals surface area (Å²) in [4.78, 5) is 8.69. The molecule has 2 aliphatic carbocycles. The van der Waals surface area contributed by atoms with E-state index >= 15 is 0 Å². The first-order valence-corrected chi connectivity index (χ1v) is 9.69. The quantitative estimate of drug-likeness (QED) is 0.699. The Labute approximate surface area is 170 Å². The van der Waals surface area contributed by atoms with E-state index in [1.54, 1.807) is 18.5 Å². The lowest BCUT2D eigenvalue weighted by Crippen LogP contribution is -2.32. The van der Waals surface area contributed by atoms with E-state index < -0.39 is 5.41 Å². The van der Waals surface area contributed by atoms with E-state index in [0.29, 0.717) is 38.6 Å². The van der Waals surface area contributed by atoms with Crippen molar-refractivity contribution in [3.05, 3.63) is 89.6 Å². The van der Waals surface area contributed by atoms with Crippen LogP contribution in [0.25, 0.3) is 0 Å². The van der Waals surface area contributed by atoms with Crippen LogP contribution in [0.5, 0.6) is 0 Å². The van der Waals surface area contributed by atoms with Crippen molar-refractivity contribution >= 4 is 5.71 Å². The molecular weight excluding hydrogens is 370 g/mol. The van der Waals surface area contributed by atoms with Gasteiger partial charge in [0.25, 0.3) is 0 Å². The van der Waals surface area contributed by atoms with Crippen LogP contribution in [0.4, 0.5) is 8.78 Å². The first-order valence-electron chi connectivity index (χ1n) is 9.69. The average Bonchev–Trinajstić information content (AvgIpc) is 2.71. The molecule has 4 nitrogen and oxygen atoms in total. The molecule has 1 unspecified atom stereocenters. The summed E-state index contributed by atoms with van der Waals surface area (Å²) in [6.45, 7) is 4.53. The minimum atomic E-state index is -0.452. The van der Waals surface area contributed by atoms with Crippen LogP contribution in [-0.4, -0.2) is 17.2 Å². The zero-order valence-electron chi connectivity index (χ0n) is 16.4. The van der Waals surface area contributed by atoms with Gasteiger partial charge in [-0.05, 0) is 73.9 Å². The number of aromatic nitrogens is 1. The van der Waals surface area contributed by atoms with Crippen molar-refractivity contribution in [1.82, 2.24) is 4.98 Å². The first kappa shape index (κ1) is 20.9. The minimum absolute atomic E-state index is 0.138. The van der Waals surface area contributed by atoms with Crippen molar-refractivity contribution in [3.63, 3.8) is 0 Å². The molecule has 0 amide bonds. The maximum absolute atomic E-state index is 13.7. The third-order valence-corrected chi connectivity index (χ3v) is 5.41. The van der Waals surface area contributed by atoms with Gasteiger partial charge >= 0.3 is 0 Å². The molecule has 6 heteroatoms. The molecule has 4 N–H and O–H groups in total. The predicted octanol–water partition coefficient (Wildman–Crippen LogP) is 4.43. The summed E-state index contributed by atoms with van der Waals surface area (Å²) in [6.07, 6.45) is 14.1. The molecule has 2 aliphatic rings. The molecule has 152 valence electrons. The van der Waals surface area contributed by atoms with E-state index in [2.05, 4.69) is 11.6 Å². The van der Waals surface area contributed by atoms with Crippen LogP contribution in [0.1, 0.15) is 31.2 Å². The van der Waals surface area contributed by atoms with Crippen LogP contribution >= 0.6 is 0 Å². The van der Waals surface area contributed by atoms with E-state index in [0.717, 1.165) is 28.1 Å². The summed E-state index contributed by atoms with van der Waals surface area (Å²) in [5.74, 6) is -0.510. The van der Waals surface area contributed by atoms with Gasteiger partial charge in [0.15, 0.2) is 0 Å². The Morgan fingerprint density at radius 3 is 2.69 bits per heavy atom. The summed E-state index contributed by atoms with van der Waals surface area (Å²) in [5, 5.41) is 0. The van der Waals surface area contributed by atoms with Crippen molar-refractivity contribution in [2.45, 2.75) is 32.1 Å². The molecule has 0 radical (unpaired) electrons. The lowest BCUT2D eigenvalue weighted by molar-refractivity contribution is 0.435. The van der Waals surface area contributed by atoms with Gasteiger partial charge < -0.3 is 11.5 Å². The van der Waals surface area contributed by atoms with Gasteiger partial charge in [0.1, 0.15) is 11.6 Å². The van der Waals surface area contributed by atoms with Crippen molar-refractivity contribution in [2.75, 3.05) is 6.54 Å². The summed E-state index contributed by atoms with van der Waals surface area (Å²) in [7, 11) is 0. The number of nitrogens with zero attached hydrogens (tertiary/aromatic N) is 2. The van der Waals surface area contributed by atoms with Crippen molar-refractivity contribution in [3.8, 4) is 0 Å². The molecule has 0 spiro atoms. The molecule has 29 heavy (non-hydrogen) atoms. The molecule has 1 heterocycles. The van der Waals surface area contributed by atoms with Gasteiger partial charge in [-0.2, -0.15) is 0 Å². The number of nitrogens with two attached hydrogens (primary N) is 2. The van der Waals surface area contributed by atoms with Crippen molar-refractivity contribution < 1.29 is 8.78 Å². The maximum Gasteiger partial charge on any atom is 0.141 e. The first-order chi connectivity index (χ1) is 14.0. The SMILES string of the molecule is C=CC1(Cc2cncc(F)c2)CC(=CN)C(=NC2=CC=C(F)CC2)C=C1CCN. The van der Waals surface area contributed by atoms with Crippen LogP contribution in [0.2, 0.25) is 0 Å². The van der Waals surface area contributed by atoms with Gasteiger partial charge in [-0.25, -0.2) is 8.78 Å². The molecule has 0 aliphatic heterocycles. The Balaban J connectivity index is 2.03. The highest BCUT2D eigenvalue weighted by molar-refractivity contribution is 6.10. The monoisotopic (exact) mass is 396 g/mol. The highest BCUT2D eigenvalue weighted by atomic mass is 19.1. The zero-order chi connectivity index (χ0) is 20.9. The smallest absolute Gasteiger partial charge is 0.141 e. The van der Waals surface area contributed by atoms with Gasteiger partial charge in [-0.3, -0.25) is 9.98 Å². The second-order valence-corrected chi connectivity index (χ2v) is 7.39. The Morgan fingerprint density at radius 1 is 1.24 bits per heavy atom. The van der Waals surface area contributed by atoms with Gasteiger partial charge in [0.05, 0.1) is 11.9 Å². The summed E-state index contributed by atoms with van der Waals surface area (Å²) >= 11 is 0. The standard InChI is InChI=1S/C23H26F2N4/c1-2-23(11-16-9-20(25)15-28-14-16)12-17(13-27)22(10-18(23)7-8-26)29-21-5-3-19(24)4-6-21/h2-3,5,9-10,13-15H,1,4,6-8,11-12,26-27H2. The van der Waals surface area contributed by atoms with Gasteiger partial charge in [-0.15, -0.1) is 6.58 Å². The molecule has 0 saturated heterocycles. The largest absolute Gasteiger partial charge is 0.404 e. The number of hydrogen-bond donors (Lipinski definition) is 2. The second kappa shape index (κ2) is 9.09. The van der Waals surface area contributed by atoms with Crippen LogP contribution < -0.4 is 11.5 Å². The molecular formula is C23H26F2N4. The molecule has 0 bridgehead atoms. The number of allylic oxidation sites excluding steroid dienone is 7. The van der Waals surface area contributed by atoms with E-state index in [4.69, 9.17) is 16.5 Å². The Hall–Kier alpha value is -2.86. The highest BCUT2D eigenvalue weighted by Crippen LogP contribution is 2.44. The number of pyridine rings is 1. The van der Waals surface area contributed by atoms with Gasteiger partial charge in [-0.1, -0.05) is 11.6 Å². The average molecular weight is 396 g/mol. The van der Waals surface area contributed by atoms with E-state index in [1.807, 2.05) is 12.2 Å². The molecule has 1 atom stereocenters. The molecule has 1 aromatic heterocycles. The number of rotatable bonds is 6. The number of halogens is 2. The maximum atomic E-state index is 13.7. The van der Waals surface area contributed by atoms with Crippen LogP contribution in [0, 0.1) is 11.2 Å². The molecule has 0 aromatic carbocycles. The summed E-state index contributed by atoms with van der Waals surface area (Å²) in [6, 6.07) is 1.49. The lowest BCUT2D eigenvalue weighted by Gasteiger charge is -2.38. The minimum Gasteiger partial charge on any atom is -0.404 e. The highest BCUT2D eigenvalue weighted by Gasteiger charge is 2.36. The molecule has 3 rings (SSSR count). The van der Waals surface area contributed by atoms with Gasteiger partial charge in [0.2, 0.25) is 0 Å². The third kappa shape index (κ3) is 4.77. The summed E-state index contributed by atoms with van der Waals surface area (Å²) < 4.78 is 27.0. The topological polar surface area (TPSA) is 77.3 Å². The fourth-order valence-electron chi connectivity index (χ4n) is 3.89. The number of aliphatic imine (C=N–C) groups is 1. The second-order valence-electron chi connectivity index (χ2n) is 7.39.